The number of carbonyl (C=O) groups is 2. The molecule has 1 amide bonds. The van der Waals surface area contributed by atoms with Crippen LogP contribution >= 0.6 is 0 Å². The third kappa shape index (κ3) is 4.39. The zero-order valence-electron chi connectivity index (χ0n) is 16.3. The second-order valence-electron chi connectivity index (χ2n) is 6.78. The highest BCUT2D eigenvalue weighted by Crippen LogP contribution is 2.19. The van der Waals surface area contributed by atoms with Crippen molar-refractivity contribution in [2.24, 2.45) is 0 Å². The Morgan fingerprint density at radius 2 is 1.86 bits per heavy atom. The molecule has 0 bridgehead atoms. The number of benzene rings is 2. The molecule has 0 aliphatic heterocycles. The van der Waals surface area contributed by atoms with Gasteiger partial charge in [-0.15, -0.1) is 0 Å². The molecule has 0 aliphatic rings. The Morgan fingerprint density at radius 1 is 1.11 bits per heavy atom. The van der Waals surface area contributed by atoms with Gasteiger partial charge in [-0.3, -0.25) is 9.59 Å². The second-order valence-corrected chi connectivity index (χ2v) is 6.78. The molecule has 0 saturated carbocycles. The van der Waals surface area contributed by atoms with Crippen molar-refractivity contribution in [1.29, 1.82) is 0 Å². The maximum absolute atomic E-state index is 13.1. The van der Waals surface area contributed by atoms with Crippen LogP contribution in [0.5, 0.6) is 0 Å². The molecular formula is C22H25N3O3. The standard InChI is InChI=1S/C22H25N3O3/c1-3-25-16(2)23-19-15-18(9-10-20(19)25)22(28)24(14-12-21(26)27)13-11-17-7-5-4-6-8-17/h4-10,15H,3,11-14H2,1-2H3,(H,26,27). The molecule has 1 aromatic heterocycles. The molecule has 28 heavy (non-hydrogen) atoms. The number of hydrogen-bond acceptors (Lipinski definition) is 3. The van der Waals surface area contributed by atoms with E-state index in [2.05, 4.69) is 16.5 Å². The van der Waals surface area contributed by atoms with E-state index in [1.807, 2.05) is 43.3 Å². The topological polar surface area (TPSA) is 75.4 Å². The number of carboxylic acid groups (broad SMARTS) is 1. The Hall–Kier alpha value is -3.15. The van der Waals surface area contributed by atoms with Gasteiger partial charge in [-0.1, -0.05) is 30.3 Å². The number of hydrogen-bond donors (Lipinski definition) is 1. The molecular weight excluding hydrogens is 354 g/mol. The second kappa shape index (κ2) is 8.69. The van der Waals surface area contributed by atoms with Crippen molar-refractivity contribution in [2.75, 3.05) is 13.1 Å². The number of imidazole rings is 1. The van der Waals surface area contributed by atoms with Crippen molar-refractivity contribution in [3.8, 4) is 0 Å². The molecule has 2 aromatic carbocycles. The van der Waals surface area contributed by atoms with Gasteiger partial charge < -0.3 is 14.6 Å². The third-order valence-electron chi connectivity index (χ3n) is 4.90. The molecule has 3 aromatic rings. The summed E-state index contributed by atoms with van der Waals surface area (Å²) in [4.78, 5) is 30.3. The maximum Gasteiger partial charge on any atom is 0.305 e. The Morgan fingerprint density at radius 3 is 2.54 bits per heavy atom. The summed E-state index contributed by atoms with van der Waals surface area (Å²) in [6, 6.07) is 15.4. The van der Waals surface area contributed by atoms with Crippen LogP contribution in [0, 0.1) is 6.92 Å². The summed E-state index contributed by atoms with van der Waals surface area (Å²) < 4.78 is 2.10. The highest BCUT2D eigenvalue weighted by molar-refractivity contribution is 5.97. The summed E-state index contributed by atoms with van der Waals surface area (Å²) >= 11 is 0. The van der Waals surface area contributed by atoms with E-state index in [0.29, 0.717) is 18.5 Å². The number of carbonyl (C=O) groups excluding carboxylic acids is 1. The van der Waals surface area contributed by atoms with Crippen LogP contribution < -0.4 is 0 Å². The summed E-state index contributed by atoms with van der Waals surface area (Å²) in [5.74, 6) is -0.165. The van der Waals surface area contributed by atoms with Gasteiger partial charge in [0.05, 0.1) is 17.5 Å². The van der Waals surface area contributed by atoms with E-state index in [0.717, 1.165) is 29.0 Å². The first-order valence-corrected chi connectivity index (χ1v) is 9.51. The molecule has 1 N–H and O–H groups in total. The van der Waals surface area contributed by atoms with Gasteiger partial charge in [0.25, 0.3) is 5.91 Å². The zero-order chi connectivity index (χ0) is 20.1. The largest absolute Gasteiger partial charge is 0.481 e. The molecule has 0 spiro atoms. The predicted octanol–water partition coefficient (Wildman–Crippen LogP) is 3.52. The monoisotopic (exact) mass is 379 g/mol. The summed E-state index contributed by atoms with van der Waals surface area (Å²) in [5, 5.41) is 9.05. The van der Waals surface area contributed by atoms with Gasteiger partial charge in [-0.05, 0) is 44.0 Å². The fraction of sp³-hybridized carbons (Fsp3) is 0.318. The number of aliphatic carboxylic acids is 1. The molecule has 0 aliphatic carbocycles. The molecule has 146 valence electrons. The average Bonchev–Trinajstić information content (AvgIpc) is 3.02. The lowest BCUT2D eigenvalue weighted by atomic mass is 10.1. The minimum Gasteiger partial charge on any atom is -0.481 e. The van der Waals surface area contributed by atoms with E-state index < -0.39 is 5.97 Å². The first kappa shape index (κ1) is 19.6. The van der Waals surface area contributed by atoms with Crippen LogP contribution in [-0.2, 0) is 17.8 Å². The molecule has 0 fully saturated rings. The SMILES string of the molecule is CCn1c(C)nc2cc(C(=O)N(CCC(=O)O)CCc3ccccc3)ccc21. The third-order valence-corrected chi connectivity index (χ3v) is 4.90. The first-order chi connectivity index (χ1) is 13.5. The molecule has 0 radical (unpaired) electrons. The number of nitrogens with zero attached hydrogens (tertiary/aromatic N) is 3. The average molecular weight is 379 g/mol. The smallest absolute Gasteiger partial charge is 0.305 e. The van der Waals surface area contributed by atoms with Crippen LogP contribution in [-0.4, -0.2) is 44.5 Å². The van der Waals surface area contributed by atoms with Crippen LogP contribution in [0.4, 0.5) is 0 Å². The van der Waals surface area contributed by atoms with Crippen molar-refractivity contribution in [1.82, 2.24) is 14.5 Å². The highest BCUT2D eigenvalue weighted by atomic mass is 16.4. The summed E-state index contributed by atoms with van der Waals surface area (Å²) in [7, 11) is 0. The number of fused-ring (bicyclic) bond motifs is 1. The first-order valence-electron chi connectivity index (χ1n) is 9.51. The van der Waals surface area contributed by atoms with Gasteiger partial charge in [0.2, 0.25) is 0 Å². The Labute approximate surface area is 164 Å². The van der Waals surface area contributed by atoms with Gasteiger partial charge in [-0.25, -0.2) is 4.98 Å². The lowest BCUT2D eigenvalue weighted by Crippen LogP contribution is -2.34. The molecule has 6 heteroatoms. The number of carboxylic acids is 1. The van der Waals surface area contributed by atoms with Crippen LogP contribution in [0.25, 0.3) is 11.0 Å². The number of amides is 1. The minimum atomic E-state index is -0.912. The molecule has 1 heterocycles. The van der Waals surface area contributed by atoms with E-state index in [1.54, 1.807) is 17.0 Å². The van der Waals surface area contributed by atoms with Gasteiger partial charge >= 0.3 is 5.97 Å². The fourth-order valence-corrected chi connectivity index (χ4v) is 3.42. The number of rotatable bonds is 8. The van der Waals surface area contributed by atoms with Gasteiger partial charge in [0, 0.05) is 25.2 Å². The van der Waals surface area contributed by atoms with Crippen molar-refractivity contribution in [3.63, 3.8) is 0 Å². The minimum absolute atomic E-state index is 0.0770. The van der Waals surface area contributed by atoms with Crippen molar-refractivity contribution < 1.29 is 14.7 Å². The Balaban J connectivity index is 1.82. The predicted molar refractivity (Wildman–Crippen MR) is 108 cm³/mol. The Kier molecular flexibility index (Phi) is 6.09. The van der Waals surface area contributed by atoms with Crippen molar-refractivity contribution in [2.45, 2.75) is 33.2 Å². The van der Waals surface area contributed by atoms with Gasteiger partial charge in [0.1, 0.15) is 5.82 Å². The lowest BCUT2D eigenvalue weighted by Gasteiger charge is -2.22. The zero-order valence-corrected chi connectivity index (χ0v) is 16.3. The lowest BCUT2D eigenvalue weighted by molar-refractivity contribution is -0.137. The van der Waals surface area contributed by atoms with E-state index in [9.17, 15) is 9.59 Å². The van der Waals surface area contributed by atoms with Crippen LogP contribution in [0.3, 0.4) is 0 Å². The molecule has 0 unspecified atom stereocenters. The van der Waals surface area contributed by atoms with Crippen molar-refractivity contribution >= 4 is 22.9 Å². The van der Waals surface area contributed by atoms with Crippen LogP contribution in [0.1, 0.15) is 35.1 Å². The number of aryl methyl sites for hydroxylation is 2. The van der Waals surface area contributed by atoms with E-state index in [4.69, 9.17) is 5.11 Å². The molecule has 0 atom stereocenters. The number of aromatic nitrogens is 2. The normalized spacial score (nSPS) is 10.9. The van der Waals surface area contributed by atoms with E-state index >= 15 is 0 Å². The van der Waals surface area contributed by atoms with E-state index in [-0.39, 0.29) is 18.9 Å². The van der Waals surface area contributed by atoms with Crippen LogP contribution in [0.15, 0.2) is 48.5 Å². The van der Waals surface area contributed by atoms with Gasteiger partial charge in [-0.2, -0.15) is 0 Å². The quantitative estimate of drug-likeness (QED) is 0.650. The summed E-state index contributed by atoms with van der Waals surface area (Å²) in [6.07, 6.45) is 0.602. The van der Waals surface area contributed by atoms with Crippen LogP contribution in [0.2, 0.25) is 0 Å². The molecule has 3 rings (SSSR count). The highest BCUT2D eigenvalue weighted by Gasteiger charge is 2.18. The van der Waals surface area contributed by atoms with E-state index in [1.165, 1.54) is 0 Å². The van der Waals surface area contributed by atoms with Gasteiger partial charge in [0.15, 0.2) is 0 Å². The summed E-state index contributed by atoms with van der Waals surface area (Å²) in [5.41, 5.74) is 3.43. The van der Waals surface area contributed by atoms with Crippen molar-refractivity contribution in [3.05, 3.63) is 65.5 Å². The maximum atomic E-state index is 13.1. The summed E-state index contributed by atoms with van der Waals surface area (Å²) in [6.45, 7) is 5.48. The molecule has 0 saturated heterocycles. The molecule has 6 nitrogen and oxygen atoms in total. The Bertz CT molecular complexity index is 979. The fourth-order valence-electron chi connectivity index (χ4n) is 3.42.